The van der Waals surface area contributed by atoms with Gasteiger partial charge in [-0.3, -0.25) is 0 Å². The first-order chi connectivity index (χ1) is 12.6. The summed E-state index contributed by atoms with van der Waals surface area (Å²) in [5.74, 6) is 0.522. The zero-order chi connectivity index (χ0) is 18.9. The molecule has 0 bridgehead atoms. The van der Waals surface area contributed by atoms with E-state index >= 15 is 0 Å². The molecule has 0 aromatic heterocycles. The van der Waals surface area contributed by atoms with Crippen molar-refractivity contribution in [2.75, 3.05) is 13.2 Å². The van der Waals surface area contributed by atoms with Crippen molar-refractivity contribution in [1.82, 2.24) is 5.32 Å². The molecule has 26 heavy (non-hydrogen) atoms. The molecule has 2 rings (SSSR count). The highest BCUT2D eigenvalue weighted by Crippen LogP contribution is 2.37. The summed E-state index contributed by atoms with van der Waals surface area (Å²) in [6, 6.07) is 8.26. The van der Waals surface area contributed by atoms with Gasteiger partial charge < -0.3 is 14.8 Å². The third-order valence-electron chi connectivity index (χ3n) is 3.83. The number of benzene rings is 2. The van der Waals surface area contributed by atoms with E-state index in [2.05, 4.69) is 12.2 Å². The molecular weight excluding hydrogens is 376 g/mol. The van der Waals surface area contributed by atoms with Crippen molar-refractivity contribution in [3.05, 3.63) is 57.3 Å². The lowest BCUT2D eigenvalue weighted by Crippen LogP contribution is -2.14. The van der Waals surface area contributed by atoms with Crippen LogP contribution in [0.1, 0.15) is 37.8 Å². The summed E-state index contributed by atoms with van der Waals surface area (Å²) in [5, 5.41) is 4.11. The van der Waals surface area contributed by atoms with E-state index in [4.69, 9.17) is 32.7 Å². The van der Waals surface area contributed by atoms with Crippen LogP contribution in [0.15, 0.2) is 30.3 Å². The molecule has 0 aliphatic carbocycles. The summed E-state index contributed by atoms with van der Waals surface area (Å²) in [4.78, 5) is 0. The Labute approximate surface area is 164 Å². The normalized spacial score (nSPS) is 10.8. The number of rotatable bonds is 10. The Morgan fingerprint density at radius 2 is 1.88 bits per heavy atom. The van der Waals surface area contributed by atoms with Crippen molar-refractivity contribution >= 4 is 23.2 Å². The van der Waals surface area contributed by atoms with Crippen molar-refractivity contribution in [2.45, 2.75) is 39.8 Å². The molecule has 2 aromatic carbocycles. The molecule has 0 radical (unpaired) electrons. The van der Waals surface area contributed by atoms with Gasteiger partial charge in [0.2, 0.25) is 0 Å². The maximum Gasteiger partial charge on any atom is 0.180 e. The molecule has 0 saturated heterocycles. The Kier molecular flexibility index (Phi) is 8.49. The van der Waals surface area contributed by atoms with Gasteiger partial charge in [-0.2, -0.15) is 0 Å². The lowest BCUT2D eigenvalue weighted by Gasteiger charge is -2.16. The van der Waals surface area contributed by atoms with E-state index in [1.54, 1.807) is 12.1 Å². The SMILES string of the molecule is CCCCNCc1cc(Cl)c(OCc2c(F)cccc2Cl)c(OCC)c1. The van der Waals surface area contributed by atoms with Gasteiger partial charge in [-0.1, -0.05) is 42.6 Å². The minimum Gasteiger partial charge on any atom is -0.490 e. The first-order valence-electron chi connectivity index (χ1n) is 8.78. The Balaban J connectivity index is 2.16. The Morgan fingerprint density at radius 1 is 1.08 bits per heavy atom. The predicted octanol–water partition coefficient (Wildman–Crippen LogP) is 6.00. The molecular formula is C20H24Cl2FNO2. The number of halogens is 3. The molecule has 2 aromatic rings. The molecule has 0 amide bonds. The molecule has 0 saturated carbocycles. The van der Waals surface area contributed by atoms with Crippen LogP contribution in [-0.2, 0) is 13.2 Å². The molecule has 0 aliphatic rings. The minimum absolute atomic E-state index is 0.0284. The van der Waals surface area contributed by atoms with E-state index in [1.165, 1.54) is 6.07 Å². The maximum atomic E-state index is 13.9. The average Bonchev–Trinajstić information content (AvgIpc) is 2.60. The smallest absolute Gasteiger partial charge is 0.180 e. The van der Waals surface area contributed by atoms with Crippen LogP contribution in [0.5, 0.6) is 11.5 Å². The van der Waals surface area contributed by atoms with Crippen molar-refractivity contribution in [3.8, 4) is 11.5 Å². The van der Waals surface area contributed by atoms with Crippen LogP contribution < -0.4 is 14.8 Å². The summed E-state index contributed by atoms with van der Waals surface area (Å²) in [7, 11) is 0. The van der Waals surface area contributed by atoms with Crippen LogP contribution in [0.3, 0.4) is 0 Å². The van der Waals surface area contributed by atoms with Crippen LogP contribution in [0.2, 0.25) is 10.0 Å². The lowest BCUT2D eigenvalue weighted by atomic mass is 10.2. The molecule has 6 heteroatoms. The fourth-order valence-corrected chi connectivity index (χ4v) is 2.98. The van der Waals surface area contributed by atoms with Gasteiger partial charge in [0.05, 0.1) is 16.7 Å². The number of ether oxygens (including phenoxy) is 2. The maximum absolute atomic E-state index is 13.9. The molecule has 0 unspecified atom stereocenters. The first-order valence-corrected chi connectivity index (χ1v) is 9.54. The minimum atomic E-state index is -0.414. The summed E-state index contributed by atoms with van der Waals surface area (Å²) >= 11 is 12.4. The zero-order valence-corrected chi connectivity index (χ0v) is 16.6. The number of unbranched alkanes of at least 4 members (excludes halogenated alkanes) is 1. The van der Waals surface area contributed by atoms with E-state index in [-0.39, 0.29) is 12.2 Å². The highest BCUT2D eigenvalue weighted by Gasteiger charge is 2.15. The van der Waals surface area contributed by atoms with Crippen LogP contribution in [0, 0.1) is 5.82 Å². The standard InChI is InChI=1S/C20H24Cl2FNO2/c1-3-5-9-24-12-14-10-17(22)20(19(11-14)25-4-2)26-13-15-16(21)7-6-8-18(15)23/h6-8,10-11,24H,3-5,9,12-13H2,1-2H3. The highest BCUT2D eigenvalue weighted by atomic mass is 35.5. The lowest BCUT2D eigenvalue weighted by molar-refractivity contribution is 0.266. The van der Waals surface area contributed by atoms with Gasteiger partial charge in [0.15, 0.2) is 11.5 Å². The largest absolute Gasteiger partial charge is 0.490 e. The molecule has 142 valence electrons. The Hall–Kier alpha value is -1.49. The fraction of sp³-hybridized carbons (Fsp3) is 0.400. The van der Waals surface area contributed by atoms with Crippen molar-refractivity contribution in [2.24, 2.45) is 0 Å². The predicted molar refractivity (Wildman–Crippen MR) is 105 cm³/mol. The monoisotopic (exact) mass is 399 g/mol. The topological polar surface area (TPSA) is 30.5 Å². The van der Waals surface area contributed by atoms with Crippen molar-refractivity contribution < 1.29 is 13.9 Å². The van der Waals surface area contributed by atoms with Gasteiger partial charge >= 0.3 is 0 Å². The molecule has 0 atom stereocenters. The molecule has 1 N–H and O–H groups in total. The second kappa shape index (κ2) is 10.6. The van der Waals surface area contributed by atoms with Crippen LogP contribution in [-0.4, -0.2) is 13.2 Å². The van der Waals surface area contributed by atoms with Crippen molar-refractivity contribution in [3.63, 3.8) is 0 Å². The first kappa shape index (κ1) is 20.8. The van der Waals surface area contributed by atoms with Gasteiger partial charge in [-0.25, -0.2) is 4.39 Å². The van der Waals surface area contributed by atoms with E-state index in [9.17, 15) is 4.39 Å². The summed E-state index contributed by atoms with van der Waals surface area (Å²) < 4.78 is 25.4. The Bertz CT molecular complexity index is 705. The van der Waals surface area contributed by atoms with Gasteiger partial charge in [-0.15, -0.1) is 0 Å². The Morgan fingerprint density at radius 3 is 2.58 bits per heavy atom. The van der Waals surface area contributed by atoms with Crippen LogP contribution in [0.25, 0.3) is 0 Å². The number of nitrogens with one attached hydrogen (secondary N) is 1. The zero-order valence-electron chi connectivity index (χ0n) is 15.1. The average molecular weight is 400 g/mol. The van der Waals surface area contributed by atoms with Crippen molar-refractivity contribution in [1.29, 1.82) is 0 Å². The quantitative estimate of drug-likeness (QED) is 0.496. The van der Waals surface area contributed by atoms with E-state index in [0.29, 0.717) is 34.7 Å². The van der Waals surface area contributed by atoms with Gasteiger partial charge in [0, 0.05) is 12.1 Å². The summed E-state index contributed by atoms with van der Waals surface area (Å²) in [6.07, 6.45) is 2.26. The molecule has 0 spiro atoms. The van der Waals surface area contributed by atoms with Crippen LogP contribution in [0.4, 0.5) is 4.39 Å². The van der Waals surface area contributed by atoms with Gasteiger partial charge in [0.25, 0.3) is 0 Å². The van der Waals surface area contributed by atoms with Gasteiger partial charge in [-0.05, 0) is 49.7 Å². The molecule has 3 nitrogen and oxygen atoms in total. The number of hydrogen-bond donors (Lipinski definition) is 1. The molecule has 0 aliphatic heterocycles. The third kappa shape index (κ3) is 5.76. The van der Waals surface area contributed by atoms with Crippen LogP contribution >= 0.6 is 23.2 Å². The third-order valence-corrected chi connectivity index (χ3v) is 4.46. The fourth-order valence-electron chi connectivity index (χ4n) is 2.48. The van der Waals surface area contributed by atoms with E-state index < -0.39 is 5.82 Å². The summed E-state index contributed by atoms with van der Waals surface area (Å²) in [5.41, 5.74) is 1.30. The van der Waals surface area contributed by atoms with Gasteiger partial charge in [0.1, 0.15) is 12.4 Å². The highest BCUT2D eigenvalue weighted by molar-refractivity contribution is 6.32. The second-order valence-electron chi connectivity index (χ2n) is 5.86. The number of hydrogen-bond acceptors (Lipinski definition) is 3. The van der Waals surface area contributed by atoms with E-state index in [1.807, 2.05) is 19.1 Å². The summed E-state index contributed by atoms with van der Waals surface area (Å²) in [6.45, 7) is 6.12. The molecule has 0 heterocycles. The second-order valence-corrected chi connectivity index (χ2v) is 6.67. The van der Waals surface area contributed by atoms with E-state index in [0.717, 1.165) is 24.9 Å². The molecule has 0 fully saturated rings.